The van der Waals surface area contributed by atoms with Crippen LogP contribution in [0.15, 0.2) is 85.6 Å². The van der Waals surface area contributed by atoms with Gasteiger partial charge < -0.3 is 5.73 Å². The second-order valence-corrected chi connectivity index (χ2v) is 10.1. The van der Waals surface area contributed by atoms with Gasteiger partial charge in [-0.05, 0) is 72.5 Å². The van der Waals surface area contributed by atoms with E-state index >= 15 is 0 Å². The third-order valence-corrected chi connectivity index (χ3v) is 7.54. The Labute approximate surface area is 233 Å². The van der Waals surface area contributed by atoms with E-state index in [1.807, 2.05) is 66.7 Å². The van der Waals surface area contributed by atoms with E-state index in [-0.39, 0.29) is 6.04 Å². The summed E-state index contributed by atoms with van der Waals surface area (Å²) in [5.74, 6) is 1.79. The largest absolute Gasteiger partial charge is 0.383 e. The smallest absolute Gasteiger partial charge is 0.167 e. The molecule has 0 amide bonds. The van der Waals surface area contributed by atoms with Crippen molar-refractivity contribution < 1.29 is 0 Å². The molecule has 0 bridgehead atoms. The molecule has 12 nitrogen and oxygen atoms in total. The molecule has 1 atom stereocenters. The number of pyridine rings is 2. The highest BCUT2D eigenvalue weighted by atomic mass is 15.4. The van der Waals surface area contributed by atoms with Crippen molar-refractivity contribution in [3.8, 4) is 34.3 Å². The molecular formula is C29H24N12. The number of hydrogen-bond donors (Lipinski definition) is 1. The van der Waals surface area contributed by atoms with E-state index in [0.717, 1.165) is 41.0 Å². The highest BCUT2D eigenvalue weighted by molar-refractivity contribution is 5.83. The molecule has 200 valence electrons. The molecule has 0 saturated heterocycles. The fourth-order valence-electron chi connectivity index (χ4n) is 5.60. The normalized spacial score (nSPS) is 14.6. The van der Waals surface area contributed by atoms with E-state index in [0.29, 0.717) is 23.1 Å². The third-order valence-electron chi connectivity index (χ3n) is 7.54. The zero-order chi connectivity index (χ0) is 27.5. The van der Waals surface area contributed by atoms with Gasteiger partial charge in [0.05, 0.1) is 17.8 Å². The number of imidazole rings is 1. The van der Waals surface area contributed by atoms with E-state index < -0.39 is 0 Å². The molecule has 12 heteroatoms. The topological polar surface area (TPSA) is 136 Å². The van der Waals surface area contributed by atoms with Crippen LogP contribution in [0, 0.1) is 0 Å². The van der Waals surface area contributed by atoms with Crippen molar-refractivity contribution in [2.75, 3.05) is 5.73 Å². The number of nitrogens with zero attached hydrogens (tertiary/aromatic N) is 11. The van der Waals surface area contributed by atoms with Crippen molar-refractivity contribution in [3.05, 3.63) is 96.7 Å². The van der Waals surface area contributed by atoms with Gasteiger partial charge in [-0.3, -0.25) is 9.25 Å². The molecule has 1 aromatic carbocycles. The molecule has 0 fully saturated rings. The monoisotopic (exact) mass is 540 g/mol. The molecule has 8 rings (SSSR count). The maximum Gasteiger partial charge on any atom is 0.167 e. The predicted octanol–water partition coefficient (Wildman–Crippen LogP) is 3.78. The fraction of sp³-hybridized carbons (Fsp3) is 0.138. The summed E-state index contributed by atoms with van der Waals surface area (Å²) in [7, 11) is 1.89. The van der Waals surface area contributed by atoms with Crippen LogP contribution in [-0.2, 0) is 13.5 Å². The number of nitrogen functional groups attached to an aromatic ring is 1. The Morgan fingerprint density at radius 3 is 2.73 bits per heavy atom. The van der Waals surface area contributed by atoms with Crippen molar-refractivity contribution in [1.82, 2.24) is 54.1 Å². The van der Waals surface area contributed by atoms with E-state index in [9.17, 15) is 0 Å². The van der Waals surface area contributed by atoms with Crippen LogP contribution in [0.3, 0.4) is 0 Å². The Morgan fingerprint density at radius 2 is 1.90 bits per heavy atom. The molecule has 0 unspecified atom stereocenters. The van der Waals surface area contributed by atoms with Crippen molar-refractivity contribution in [2.24, 2.45) is 7.05 Å². The number of aromatic nitrogens is 11. The minimum Gasteiger partial charge on any atom is -0.383 e. The van der Waals surface area contributed by atoms with Crippen molar-refractivity contribution in [2.45, 2.75) is 18.9 Å². The molecule has 6 heterocycles. The van der Waals surface area contributed by atoms with Crippen LogP contribution in [0.4, 0.5) is 5.82 Å². The minimum atomic E-state index is 0.0986. The summed E-state index contributed by atoms with van der Waals surface area (Å²) in [6.07, 6.45) is 11.0. The standard InChI is InChI=1S/C29H24N12/c1-38-15-11-22(36-38)24-17-40(37-35-24)25-9-5-18-16-19(6-7-20(18)25)41-28(21-4-2-12-31-27(21)30)33-23-8-10-26(34-29(23)41)39-14-3-13-32-39/h2-4,6-8,10-17,25H,5,9H2,1H3,(H2,30,31)/t25-/m0/s1. The number of benzene rings is 1. The first-order chi connectivity index (χ1) is 20.1. The molecule has 0 spiro atoms. The molecule has 7 aromatic rings. The Bertz CT molecular complexity index is 2050. The highest BCUT2D eigenvalue weighted by Crippen LogP contribution is 2.37. The number of hydrogen-bond acceptors (Lipinski definition) is 8. The molecule has 6 aromatic heterocycles. The van der Waals surface area contributed by atoms with Gasteiger partial charge in [-0.2, -0.15) is 10.2 Å². The highest BCUT2D eigenvalue weighted by Gasteiger charge is 2.27. The summed E-state index contributed by atoms with van der Waals surface area (Å²) in [5, 5.41) is 17.7. The molecule has 0 aliphatic heterocycles. The predicted molar refractivity (Wildman–Crippen MR) is 152 cm³/mol. The molecule has 2 N–H and O–H groups in total. The minimum absolute atomic E-state index is 0.0986. The van der Waals surface area contributed by atoms with Gasteiger partial charge in [-0.1, -0.05) is 11.3 Å². The van der Waals surface area contributed by atoms with Gasteiger partial charge in [0.25, 0.3) is 0 Å². The van der Waals surface area contributed by atoms with Crippen molar-refractivity contribution in [3.63, 3.8) is 0 Å². The average Bonchev–Trinajstić information content (AvgIpc) is 3.81. The van der Waals surface area contributed by atoms with Crippen LogP contribution >= 0.6 is 0 Å². The molecule has 0 radical (unpaired) electrons. The lowest BCUT2D eigenvalue weighted by atomic mass is 10.1. The van der Waals surface area contributed by atoms with Gasteiger partial charge in [-0.25, -0.2) is 24.3 Å². The first kappa shape index (κ1) is 23.3. The van der Waals surface area contributed by atoms with Crippen LogP contribution in [0.2, 0.25) is 0 Å². The number of rotatable bonds is 5. The van der Waals surface area contributed by atoms with Gasteiger partial charge >= 0.3 is 0 Å². The summed E-state index contributed by atoms with van der Waals surface area (Å²) in [4.78, 5) is 14.2. The lowest BCUT2D eigenvalue weighted by Gasteiger charge is -2.14. The lowest BCUT2D eigenvalue weighted by molar-refractivity contribution is 0.504. The van der Waals surface area contributed by atoms with Gasteiger partial charge in [0.1, 0.15) is 22.7 Å². The molecule has 1 aliphatic carbocycles. The summed E-state index contributed by atoms with van der Waals surface area (Å²) in [6, 6.07) is 18.1. The fourth-order valence-corrected chi connectivity index (χ4v) is 5.60. The summed E-state index contributed by atoms with van der Waals surface area (Å²) < 4.78 is 7.50. The van der Waals surface area contributed by atoms with E-state index in [1.165, 1.54) is 11.1 Å². The van der Waals surface area contributed by atoms with Crippen LogP contribution in [0.5, 0.6) is 0 Å². The van der Waals surface area contributed by atoms with Gasteiger partial charge in [-0.15, -0.1) is 5.10 Å². The summed E-state index contributed by atoms with van der Waals surface area (Å²) >= 11 is 0. The maximum atomic E-state index is 6.33. The number of anilines is 1. The van der Waals surface area contributed by atoms with Crippen LogP contribution in [-0.4, -0.2) is 54.1 Å². The molecule has 0 saturated carbocycles. The number of nitrogens with two attached hydrogens (primary N) is 1. The molecular weight excluding hydrogens is 516 g/mol. The molecule has 41 heavy (non-hydrogen) atoms. The van der Waals surface area contributed by atoms with Crippen molar-refractivity contribution >= 4 is 17.0 Å². The average molecular weight is 541 g/mol. The second kappa shape index (κ2) is 8.95. The number of aryl methyl sites for hydroxylation is 2. The van der Waals surface area contributed by atoms with Crippen LogP contribution in [0.1, 0.15) is 23.6 Å². The first-order valence-electron chi connectivity index (χ1n) is 13.3. The Hall–Kier alpha value is -5.65. The van der Waals surface area contributed by atoms with E-state index in [2.05, 4.69) is 48.3 Å². The van der Waals surface area contributed by atoms with E-state index in [4.69, 9.17) is 15.7 Å². The van der Waals surface area contributed by atoms with Crippen LogP contribution in [0.25, 0.3) is 45.4 Å². The molecule has 1 aliphatic rings. The van der Waals surface area contributed by atoms with Crippen LogP contribution < -0.4 is 5.73 Å². The Balaban J connectivity index is 1.24. The SMILES string of the molecule is Cn1ccc(-c2cn([C@H]3CCc4cc(-n5c(-c6cccnc6N)nc6ccc(-n7cccn7)nc65)ccc43)nn2)n1. The van der Waals surface area contributed by atoms with E-state index in [1.54, 1.807) is 21.8 Å². The van der Waals surface area contributed by atoms with Gasteiger partial charge in [0, 0.05) is 37.5 Å². The first-order valence-corrected chi connectivity index (χ1v) is 13.3. The number of fused-ring (bicyclic) bond motifs is 2. The van der Waals surface area contributed by atoms with Crippen molar-refractivity contribution in [1.29, 1.82) is 0 Å². The Kier molecular flexibility index (Phi) is 5.07. The Morgan fingerprint density at radius 1 is 0.951 bits per heavy atom. The summed E-state index contributed by atoms with van der Waals surface area (Å²) in [5.41, 5.74) is 13.5. The zero-order valence-corrected chi connectivity index (χ0v) is 22.1. The second-order valence-electron chi connectivity index (χ2n) is 10.1. The zero-order valence-electron chi connectivity index (χ0n) is 22.1. The lowest BCUT2D eigenvalue weighted by Crippen LogP contribution is -2.08. The van der Waals surface area contributed by atoms with Gasteiger partial charge in [0.15, 0.2) is 17.3 Å². The van der Waals surface area contributed by atoms with Gasteiger partial charge in [0.2, 0.25) is 0 Å². The quantitative estimate of drug-likeness (QED) is 0.348. The third kappa shape index (κ3) is 3.79. The maximum absolute atomic E-state index is 6.33. The summed E-state index contributed by atoms with van der Waals surface area (Å²) in [6.45, 7) is 0.